The summed E-state index contributed by atoms with van der Waals surface area (Å²) in [5.41, 5.74) is 4.01. The molecule has 4 rings (SSSR count). The fourth-order valence-corrected chi connectivity index (χ4v) is 3.42. The zero-order chi connectivity index (χ0) is 15.6. The standard InChI is InChI=1S/C17H13N5S/c1-11-9-13(7-8-18-11)17-21-14(12-5-3-2-4-6-12)15(23-17)16-19-10-20-22-16/h2-10H,1H3,(H,19,20,22). The number of H-pyrrole nitrogens is 1. The Hall–Kier alpha value is -2.86. The van der Waals surface area contributed by atoms with Crippen LogP contribution in [0.2, 0.25) is 0 Å². The molecule has 4 aromatic rings. The second-order valence-corrected chi connectivity index (χ2v) is 6.08. The Labute approximate surface area is 137 Å². The Morgan fingerprint density at radius 2 is 1.87 bits per heavy atom. The van der Waals surface area contributed by atoms with Crippen LogP contribution in [0.4, 0.5) is 0 Å². The molecule has 23 heavy (non-hydrogen) atoms. The first-order valence-electron chi connectivity index (χ1n) is 7.16. The molecule has 0 atom stereocenters. The molecule has 3 aromatic heterocycles. The van der Waals surface area contributed by atoms with Gasteiger partial charge in [0.2, 0.25) is 0 Å². The SMILES string of the molecule is Cc1cc(-c2nc(-c3ccccc3)c(-c3ncn[nH]3)s2)ccn1. The highest BCUT2D eigenvalue weighted by molar-refractivity contribution is 7.18. The van der Waals surface area contributed by atoms with E-state index in [1.54, 1.807) is 11.3 Å². The van der Waals surface area contributed by atoms with Crippen LogP contribution in [0, 0.1) is 6.92 Å². The molecule has 0 bridgehead atoms. The van der Waals surface area contributed by atoms with E-state index in [1.807, 2.05) is 43.5 Å². The van der Waals surface area contributed by atoms with Crippen molar-refractivity contribution in [1.82, 2.24) is 25.1 Å². The molecule has 0 saturated carbocycles. The molecule has 0 unspecified atom stereocenters. The van der Waals surface area contributed by atoms with Gasteiger partial charge < -0.3 is 0 Å². The topological polar surface area (TPSA) is 67.3 Å². The van der Waals surface area contributed by atoms with E-state index in [9.17, 15) is 0 Å². The predicted octanol–water partition coefficient (Wildman–Crippen LogP) is 3.97. The van der Waals surface area contributed by atoms with E-state index in [-0.39, 0.29) is 0 Å². The van der Waals surface area contributed by atoms with Gasteiger partial charge >= 0.3 is 0 Å². The lowest BCUT2D eigenvalue weighted by molar-refractivity contribution is 1.10. The third-order valence-electron chi connectivity index (χ3n) is 3.45. The molecule has 0 spiro atoms. The number of rotatable bonds is 3. The van der Waals surface area contributed by atoms with Crippen molar-refractivity contribution >= 4 is 11.3 Å². The zero-order valence-corrected chi connectivity index (χ0v) is 13.2. The quantitative estimate of drug-likeness (QED) is 0.620. The van der Waals surface area contributed by atoms with Crippen molar-refractivity contribution in [2.45, 2.75) is 6.92 Å². The number of thiazole rings is 1. The monoisotopic (exact) mass is 319 g/mol. The number of nitrogens with one attached hydrogen (secondary N) is 1. The number of pyridine rings is 1. The molecule has 1 aromatic carbocycles. The average molecular weight is 319 g/mol. The van der Waals surface area contributed by atoms with E-state index in [4.69, 9.17) is 4.98 Å². The number of hydrogen-bond acceptors (Lipinski definition) is 5. The van der Waals surface area contributed by atoms with Crippen LogP contribution in [0.5, 0.6) is 0 Å². The minimum atomic E-state index is 0.735. The summed E-state index contributed by atoms with van der Waals surface area (Å²) in [4.78, 5) is 14.4. The molecule has 0 amide bonds. The summed E-state index contributed by atoms with van der Waals surface area (Å²) in [5.74, 6) is 0.735. The van der Waals surface area contributed by atoms with Gasteiger partial charge in [0.25, 0.3) is 0 Å². The van der Waals surface area contributed by atoms with Crippen LogP contribution < -0.4 is 0 Å². The molecule has 0 aliphatic carbocycles. The lowest BCUT2D eigenvalue weighted by Gasteiger charge is -1.99. The van der Waals surface area contributed by atoms with Gasteiger partial charge in [0, 0.05) is 23.0 Å². The van der Waals surface area contributed by atoms with Crippen LogP contribution in [-0.4, -0.2) is 25.1 Å². The van der Waals surface area contributed by atoms with Gasteiger partial charge in [-0.3, -0.25) is 10.1 Å². The summed E-state index contributed by atoms with van der Waals surface area (Å²) in [6.45, 7) is 1.98. The van der Waals surface area contributed by atoms with E-state index in [0.29, 0.717) is 0 Å². The number of aromatic nitrogens is 5. The van der Waals surface area contributed by atoms with Crippen molar-refractivity contribution in [1.29, 1.82) is 0 Å². The van der Waals surface area contributed by atoms with Crippen LogP contribution >= 0.6 is 11.3 Å². The number of aryl methyl sites for hydroxylation is 1. The maximum atomic E-state index is 4.85. The van der Waals surface area contributed by atoms with Crippen molar-refractivity contribution in [2.75, 3.05) is 0 Å². The molecule has 0 aliphatic heterocycles. The maximum Gasteiger partial charge on any atom is 0.167 e. The minimum Gasteiger partial charge on any atom is -0.262 e. The van der Waals surface area contributed by atoms with Gasteiger partial charge in [-0.2, -0.15) is 5.10 Å². The minimum absolute atomic E-state index is 0.735. The molecule has 5 nitrogen and oxygen atoms in total. The number of hydrogen-bond donors (Lipinski definition) is 1. The Balaban J connectivity index is 1.91. The smallest absolute Gasteiger partial charge is 0.167 e. The maximum absolute atomic E-state index is 4.85. The summed E-state index contributed by atoms with van der Waals surface area (Å²) in [7, 11) is 0. The highest BCUT2D eigenvalue weighted by Gasteiger charge is 2.17. The third kappa shape index (κ3) is 2.64. The van der Waals surface area contributed by atoms with Gasteiger partial charge in [-0.1, -0.05) is 30.3 Å². The first-order valence-corrected chi connectivity index (χ1v) is 7.98. The van der Waals surface area contributed by atoms with Crippen LogP contribution in [0.3, 0.4) is 0 Å². The van der Waals surface area contributed by atoms with E-state index in [2.05, 4.69) is 32.3 Å². The van der Waals surface area contributed by atoms with Gasteiger partial charge in [-0.05, 0) is 19.1 Å². The molecule has 0 fully saturated rings. The Morgan fingerprint density at radius 3 is 2.61 bits per heavy atom. The van der Waals surface area contributed by atoms with Crippen molar-refractivity contribution in [3.05, 3.63) is 60.7 Å². The van der Waals surface area contributed by atoms with E-state index in [1.165, 1.54) is 6.33 Å². The first-order chi connectivity index (χ1) is 11.3. The summed E-state index contributed by atoms with van der Waals surface area (Å²) in [6.07, 6.45) is 3.32. The van der Waals surface area contributed by atoms with E-state index < -0.39 is 0 Å². The molecule has 0 saturated heterocycles. The molecular weight excluding hydrogens is 306 g/mol. The Kier molecular flexibility index (Phi) is 3.44. The van der Waals surface area contributed by atoms with Crippen LogP contribution in [0.1, 0.15) is 5.69 Å². The van der Waals surface area contributed by atoms with Crippen molar-refractivity contribution in [2.24, 2.45) is 0 Å². The van der Waals surface area contributed by atoms with Gasteiger partial charge in [0.15, 0.2) is 5.82 Å². The Morgan fingerprint density at radius 1 is 1.00 bits per heavy atom. The van der Waals surface area contributed by atoms with E-state index in [0.717, 1.165) is 38.2 Å². The van der Waals surface area contributed by atoms with Gasteiger partial charge in [-0.15, -0.1) is 11.3 Å². The molecule has 0 aliphatic rings. The Bertz CT molecular complexity index is 929. The van der Waals surface area contributed by atoms with Gasteiger partial charge in [0.1, 0.15) is 11.3 Å². The van der Waals surface area contributed by atoms with Gasteiger partial charge in [0.05, 0.1) is 10.6 Å². The summed E-state index contributed by atoms with van der Waals surface area (Å²) in [5, 5.41) is 7.84. The normalized spacial score (nSPS) is 10.8. The molecular formula is C17H13N5S. The second kappa shape index (κ2) is 5.73. The molecule has 112 valence electrons. The molecule has 0 radical (unpaired) electrons. The van der Waals surface area contributed by atoms with Crippen molar-refractivity contribution in [3.63, 3.8) is 0 Å². The predicted molar refractivity (Wildman–Crippen MR) is 90.9 cm³/mol. The number of nitrogens with zero attached hydrogens (tertiary/aromatic N) is 4. The highest BCUT2D eigenvalue weighted by atomic mass is 32.1. The fourth-order valence-electron chi connectivity index (χ4n) is 2.39. The van der Waals surface area contributed by atoms with Crippen LogP contribution in [0.15, 0.2) is 55.0 Å². The fraction of sp³-hybridized carbons (Fsp3) is 0.0588. The molecule has 3 heterocycles. The van der Waals surface area contributed by atoms with Crippen molar-refractivity contribution < 1.29 is 0 Å². The van der Waals surface area contributed by atoms with Gasteiger partial charge in [-0.25, -0.2) is 9.97 Å². The number of aromatic amines is 1. The molecule has 6 heteroatoms. The summed E-state index contributed by atoms with van der Waals surface area (Å²) >= 11 is 1.60. The van der Waals surface area contributed by atoms with Crippen molar-refractivity contribution in [3.8, 4) is 32.5 Å². The molecule has 1 N–H and O–H groups in total. The van der Waals surface area contributed by atoms with Crippen LogP contribution in [-0.2, 0) is 0 Å². The van der Waals surface area contributed by atoms with E-state index >= 15 is 0 Å². The first kappa shape index (κ1) is 13.8. The summed E-state index contributed by atoms with van der Waals surface area (Å²) in [6, 6.07) is 14.1. The summed E-state index contributed by atoms with van der Waals surface area (Å²) < 4.78 is 0. The average Bonchev–Trinajstić information content (AvgIpc) is 3.25. The van der Waals surface area contributed by atoms with Crippen LogP contribution in [0.25, 0.3) is 32.5 Å². The second-order valence-electron chi connectivity index (χ2n) is 5.08. The lowest BCUT2D eigenvalue weighted by atomic mass is 10.1. The zero-order valence-electron chi connectivity index (χ0n) is 12.4. The number of benzene rings is 1. The lowest BCUT2D eigenvalue weighted by Crippen LogP contribution is -1.84. The third-order valence-corrected chi connectivity index (χ3v) is 4.56. The highest BCUT2D eigenvalue weighted by Crippen LogP contribution is 2.38. The largest absolute Gasteiger partial charge is 0.262 e.